The van der Waals surface area contributed by atoms with Gasteiger partial charge < -0.3 is 10.3 Å². The molecular formula is C7H15NO4. The van der Waals surface area contributed by atoms with Crippen LogP contribution in [-0.4, -0.2) is 16.9 Å². The van der Waals surface area contributed by atoms with Crippen LogP contribution >= 0.6 is 0 Å². The maximum atomic E-state index is 9.86. The Morgan fingerprint density at radius 1 is 1.42 bits per heavy atom. The minimum absolute atomic E-state index is 0.175. The zero-order valence-corrected chi connectivity index (χ0v) is 6.95. The molecule has 72 valence electrons. The molecule has 0 saturated carbocycles. The van der Waals surface area contributed by atoms with E-state index in [1.165, 1.54) is 0 Å². The summed E-state index contributed by atoms with van der Waals surface area (Å²) in [4.78, 5) is 4.28. The lowest BCUT2D eigenvalue weighted by Crippen LogP contribution is -3.03. The van der Waals surface area contributed by atoms with Crippen molar-refractivity contribution in [1.29, 1.82) is 0 Å². The second-order valence-corrected chi connectivity index (χ2v) is 2.49. The lowest BCUT2D eigenvalue weighted by Gasteiger charge is -2.09. The number of aliphatic hydroxyl groups excluding tert-OH is 1. The van der Waals surface area contributed by atoms with Crippen LogP contribution in [0.4, 0.5) is 0 Å². The smallest absolute Gasteiger partial charge is 0.111 e. The van der Waals surface area contributed by atoms with Gasteiger partial charge in [0.1, 0.15) is 6.61 Å². The van der Waals surface area contributed by atoms with Crippen molar-refractivity contribution >= 4 is 0 Å². The second kappa shape index (κ2) is 7.05. The minimum Gasteiger partial charge on any atom is -0.566 e. The van der Waals surface area contributed by atoms with Gasteiger partial charge in [0.2, 0.25) is 0 Å². The molecule has 5 heteroatoms. The predicted molar refractivity (Wildman–Crippen MR) is 42.3 cm³/mol. The third-order valence-corrected chi connectivity index (χ3v) is 1.34. The van der Waals surface area contributed by atoms with Gasteiger partial charge >= 0.3 is 0 Å². The molecule has 0 aliphatic carbocycles. The van der Waals surface area contributed by atoms with Crippen LogP contribution in [0.1, 0.15) is 25.7 Å². The molecule has 0 aromatic heterocycles. The number of unbranched alkanes of at least 4 members (excludes halogenated alkanes) is 2. The zero-order valence-electron chi connectivity index (χ0n) is 6.95. The Morgan fingerprint density at radius 2 is 2.08 bits per heavy atom. The molecule has 0 radical (unpaired) electrons. The minimum atomic E-state index is -1.23. The lowest BCUT2D eigenvalue weighted by atomic mass is 10.2. The molecule has 0 aliphatic rings. The molecular weight excluding hydrogens is 162 g/mol. The van der Waals surface area contributed by atoms with Gasteiger partial charge in [-0.05, 0) is 12.8 Å². The van der Waals surface area contributed by atoms with Crippen molar-refractivity contribution in [2.45, 2.75) is 25.7 Å². The molecule has 0 aliphatic heterocycles. The lowest BCUT2D eigenvalue weighted by molar-refractivity contribution is -1.21. The van der Waals surface area contributed by atoms with Crippen LogP contribution in [-0.2, 0) is 4.84 Å². The first kappa shape index (κ1) is 11.4. The fraction of sp³-hybridized carbons (Fsp3) is 0.714. The highest BCUT2D eigenvalue weighted by Crippen LogP contribution is 2.03. The molecule has 0 saturated heterocycles. The van der Waals surface area contributed by atoms with E-state index in [1.807, 2.05) is 0 Å². The molecule has 1 unspecified atom stereocenters. The highest BCUT2D eigenvalue weighted by molar-refractivity contribution is 4.77. The SMILES string of the molecule is C=C(O)CCCCCO[NH+]([O-])O. The Labute approximate surface area is 71.4 Å². The van der Waals surface area contributed by atoms with Crippen LogP contribution in [0.25, 0.3) is 0 Å². The van der Waals surface area contributed by atoms with Crippen molar-refractivity contribution in [1.82, 2.24) is 0 Å². The van der Waals surface area contributed by atoms with E-state index < -0.39 is 5.39 Å². The van der Waals surface area contributed by atoms with Crippen LogP contribution in [0.5, 0.6) is 0 Å². The Morgan fingerprint density at radius 3 is 2.58 bits per heavy atom. The molecule has 0 aromatic carbocycles. The van der Waals surface area contributed by atoms with Crippen molar-refractivity contribution in [3.05, 3.63) is 17.5 Å². The molecule has 0 amide bonds. The van der Waals surface area contributed by atoms with Gasteiger partial charge in [0.25, 0.3) is 0 Å². The van der Waals surface area contributed by atoms with Gasteiger partial charge in [0, 0.05) is 6.42 Å². The average molecular weight is 177 g/mol. The highest BCUT2D eigenvalue weighted by atomic mass is 17.1. The number of nitrogens with one attached hydrogen (secondary N) is 1. The monoisotopic (exact) mass is 177 g/mol. The first-order valence-electron chi connectivity index (χ1n) is 3.85. The molecule has 5 nitrogen and oxygen atoms in total. The molecule has 0 bridgehead atoms. The fourth-order valence-corrected chi connectivity index (χ4v) is 0.767. The first-order chi connectivity index (χ1) is 5.63. The van der Waals surface area contributed by atoms with Gasteiger partial charge in [-0.1, -0.05) is 18.4 Å². The molecule has 0 rings (SSSR count). The predicted octanol–water partition coefficient (Wildman–Crippen LogP) is 0.322. The highest BCUT2D eigenvalue weighted by Gasteiger charge is 1.94. The van der Waals surface area contributed by atoms with Gasteiger partial charge in [-0.3, -0.25) is 0 Å². The van der Waals surface area contributed by atoms with Crippen LogP contribution in [0.3, 0.4) is 0 Å². The third-order valence-electron chi connectivity index (χ3n) is 1.34. The van der Waals surface area contributed by atoms with Crippen LogP contribution < -0.4 is 5.39 Å². The molecule has 12 heavy (non-hydrogen) atoms. The maximum absolute atomic E-state index is 9.86. The standard InChI is InChI=1S/C7H15NO4/c1-7(9)5-3-2-4-6-12-8(10)11/h8-10H,1-6H2. The molecule has 0 heterocycles. The Balaban J connectivity index is 2.96. The summed E-state index contributed by atoms with van der Waals surface area (Å²) in [5, 5.41) is 25.4. The summed E-state index contributed by atoms with van der Waals surface area (Å²) >= 11 is 0. The number of quaternary nitrogens is 1. The van der Waals surface area contributed by atoms with Crippen LogP contribution in [0.15, 0.2) is 12.3 Å². The number of allylic oxidation sites excluding steroid dienone is 1. The van der Waals surface area contributed by atoms with Gasteiger partial charge in [0.05, 0.1) is 5.76 Å². The van der Waals surface area contributed by atoms with Crippen LogP contribution in [0, 0.1) is 5.21 Å². The summed E-state index contributed by atoms with van der Waals surface area (Å²) in [6.45, 7) is 3.56. The Kier molecular flexibility index (Phi) is 6.69. The van der Waals surface area contributed by atoms with Crippen molar-refractivity contribution < 1.29 is 20.5 Å². The first-order valence-corrected chi connectivity index (χ1v) is 3.85. The van der Waals surface area contributed by atoms with Crippen molar-refractivity contribution in [2.75, 3.05) is 6.61 Å². The summed E-state index contributed by atoms with van der Waals surface area (Å²) in [5.74, 6) is 0.175. The Bertz CT molecular complexity index is 127. The number of aliphatic hydroxyl groups is 1. The van der Waals surface area contributed by atoms with E-state index in [4.69, 9.17) is 10.3 Å². The average Bonchev–Trinajstić information content (AvgIpc) is 1.95. The summed E-state index contributed by atoms with van der Waals surface area (Å²) in [6, 6.07) is 0. The van der Waals surface area contributed by atoms with Crippen LogP contribution in [0.2, 0.25) is 0 Å². The molecule has 3 N–H and O–H groups in total. The van der Waals surface area contributed by atoms with E-state index in [0.29, 0.717) is 12.8 Å². The quantitative estimate of drug-likeness (QED) is 0.297. The van der Waals surface area contributed by atoms with Gasteiger partial charge in [-0.15, -0.1) is 0 Å². The van der Waals surface area contributed by atoms with Gasteiger partial charge in [-0.2, -0.15) is 10.0 Å². The van der Waals surface area contributed by atoms with E-state index >= 15 is 0 Å². The topological polar surface area (TPSA) is 77.2 Å². The summed E-state index contributed by atoms with van der Waals surface area (Å²) in [7, 11) is 0. The molecule has 0 spiro atoms. The number of hydrogen-bond donors (Lipinski definition) is 3. The van der Waals surface area contributed by atoms with Crippen molar-refractivity contribution in [2.24, 2.45) is 0 Å². The van der Waals surface area contributed by atoms with Crippen molar-refractivity contribution in [3.8, 4) is 0 Å². The van der Waals surface area contributed by atoms with Gasteiger partial charge in [-0.25, -0.2) is 0 Å². The summed E-state index contributed by atoms with van der Waals surface area (Å²) in [6.07, 6.45) is 2.93. The molecule has 0 fully saturated rings. The number of rotatable bonds is 7. The van der Waals surface area contributed by atoms with E-state index in [1.54, 1.807) is 0 Å². The van der Waals surface area contributed by atoms with Crippen molar-refractivity contribution in [3.63, 3.8) is 0 Å². The van der Waals surface area contributed by atoms with E-state index in [-0.39, 0.29) is 12.4 Å². The normalized spacial score (nSPS) is 12.8. The third kappa shape index (κ3) is 9.38. The summed E-state index contributed by atoms with van der Waals surface area (Å²) < 4.78 is 0. The largest absolute Gasteiger partial charge is 0.566 e. The second-order valence-electron chi connectivity index (χ2n) is 2.49. The van der Waals surface area contributed by atoms with Gasteiger partial charge in [0.15, 0.2) is 0 Å². The molecule has 1 atom stereocenters. The summed E-state index contributed by atoms with van der Waals surface area (Å²) in [5.41, 5.74) is 0. The number of hydrogen-bond acceptors (Lipinski definition) is 4. The zero-order chi connectivity index (χ0) is 9.40. The molecule has 0 aromatic rings. The fourth-order valence-electron chi connectivity index (χ4n) is 0.767. The Hall–Kier alpha value is -0.620. The van der Waals surface area contributed by atoms with E-state index in [0.717, 1.165) is 12.8 Å². The van der Waals surface area contributed by atoms with E-state index in [2.05, 4.69) is 11.4 Å². The maximum Gasteiger partial charge on any atom is 0.111 e. The van der Waals surface area contributed by atoms with E-state index in [9.17, 15) is 5.21 Å².